The number of piperidine rings is 1. The number of halogens is 1. The van der Waals surface area contributed by atoms with Gasteiger partial charge < -0.3 is 16.0 Å². The lowest BCUT2D eigenvalue weighted by Gasteiger charge is -2.35. The molecule has 0 aliphatic carbocycles. The number of nitrogens with two attached hydrogens (primary N) is 1. The van der Waals surface area contributed by atoms with Crippen molar-refractivity contribution >= 4 is 18.3 Å². The second-order valence-corrected chi connectivity index (χ2v) is 4.47. The summed E-state index contributed by atoms with van der Waals surface area (Å²) in [5.41, 5.74) is 5.59. The molecule has 5 heteroatoms. The smallest absolute Gasteiger partial charge is 0.239 e. The Morgan fingerprint density at radius 2 is 2.27 bits per heavy atom. The summed E-state index contributed by atoms with van der Waals surface area (Å²) in [5, 5.41) is 3.45. The Morgan fingerprint density at radius 3 is 2.93 bits per heavy atom. The highest BCUT2D eigenvalue weighted by atomic mass is 35.5. The van der Waals surface area contributed by atoms with Gasteiger partial charge in [0, 0.05) is 19.1 Å². The average Bonchev–Trinajstić information content (AvgIpc) is 2.62. The summed E-state index contributed by atoms with van der Waals surface area (Å²) >= 11 is 0. The van der Waals surface area contributed by atoms with Gasteiger partial charge >= 0.3 is 0 Å². The zero-order chi connectivity index (χ0) is 10.1. The van der Waals surface area contributed by atoms with Crippen molar-refractivity contribution in [2.24, 2.45) is 11.7 Å². The van der Waals surface area contributed by atoms with Crippen LogP contribution < -0.4 is 11.1 Å². The van der Waals surface area contributed by atoms with Crippen molar-refractivity contribution in [2.45, 2.75) is 31.8 Å². The fourth-order valence-electron chi connectivity index (χ4n) is 2.52. The lowest BCUT2D eigenvalue weighted by atomic mass is 9.92. The molecular formula is C10H20ClN3O. The van der Waals surface area contributed by atoms with Crippen LogP contribution in [0.4, 0.5) is 0 Å². The van der Waals surface area contributed by atoms with Crippen LogP contribution in [-0.2, 0) is 4.79 Å². The Balaban J connectivity index is 0.00000112. The van der Waals surface area contributed by atoms with Crippen LogP contribution in [0.15, 0.2) is 0 Å². The number of hydrogen-bond acceptors (Lipinski definition) is 3. The molecule has 3 atom stereocenters. The van der Waals surface area contributed by atoms with E-state index in [9.17, 15) is 4.79 Å². The predicted octanol–water partition coefficient (Wildman–Crippen LogP) is -0.0342. The van der Waals surface area contributed by atoms with Crippen LogP contribution in [-0.4, -0.2) is 42.5 Å². The molecule has 4 nitrogen and oxygen atoms in total. The first kappa shape index (κ1) is 12.7. The normalized spacial score (nSPS) is 31.7. The van der Waals surface area contributed by atoms with Gasteiger partial charge in [-0.1, -0.05) is 0 Å². The summed E-state index contributed by atoms with van der Waals surface area (Å²) in [6.07, 6.45) is 2.40. The van der Waals surface area contributed by atoms with Crippen molar-refractivity contribution in [1.29, 1.82) is 0 Å². The molecule has 88 valence electrons. The molecule has 1 amide bonds. The van der Waals surface area contributed by atoms with Crippen LogP contribution in [0.25, 0.3) is 0 Å². The van der Waals surface area contributed by atoms with Crippen LogP contribution in [0, 0.1) is 5.92 Å². The van der Waals surface area contributed by atoms with E-state index >= 15 is 0 Å². The number of amides is 1. The van der Waals surface area contributed by atoms with Gasteiger partial charge in [-0.15, -0.1) is 12.4 Å². The summed E-state index contributed by atoms with van der Waals surface area (Å²) < 4.78 is 0. The highest BCUT2D eigenvalue weighted by Gasteiger charge is 2.34. The zero-order valence-electron chi connectivity index (χ0n) is 9.11. The maximum atomic E-state index is 11.7. The highest BCUT2D eigenvalue weighted by molar-refractivity contribution is 5.85. The largest absolute Gasteiger partial charge is 0.340 e. The molecule has 0 aromatic carbocycles. The molecule has 2 heterocycles. The lowest BCUT2D eigenvalue weighted by molar-refractivity contribution is -0.133. The van der Waals surface area contributed by atoms with Gasteiger partial charge in [-0.05, 0) is 32.2 Å². The minimum Gasteiger partial charge on any atom is -0.340 e. The van der Waals surface area contributed by atoms with Crippen molar-refractivity contribution < 1.29 is 4.79 Å². The second kappa shape index (κ2) is 5.14. The van der Waals surface area contributed by atoms with Crippen molar-refractivity contribution in [3.8, 4) is 0 Å². The van der Waals surface area contributed by atoms with Crippen LogP contribution in [0.1, 0.15) is 19.8 Å². The second-order valence-electron chi connectivity index (χ2n) is 4.47. The zero-order valence-corrected chi connectivity index (χ0v) is 9.93. The molecular weight excluding hydrogens is 214 g/mol. The maximum Gasteiger partial charge on any atom is 0.239 e. The molecule has 2 rings (SSSR count). The van der Waals surface area contributed by atoms with E-state index in [2.05, 4.69) is 5.32 Å². The summed E-state index contributed by atoms with van der Waals surface area (Å²) in [6, 6.07) is 0.166. The van der Waals surface area contributed by atoms with Gasteiger partial charge in [0.15, 0.2) is 0 Å². The third-order valence-corrected chi connectivity index (χ3v) is 3.38. The fraction of sp³-hybridized carbons (Fsp3) is 0.900. The minimum atomic E-state index is -0.354. The van der Waals surface area contributed by atoms with Crippen molar-refractivity contribution in [2.75, 3.05) is 19.6 Å². The van der Waals surface area contributed by atoms with Crippen molar-refractivity contribution in [1.82, 2.24) is 10.2 Å². The summed E-state index contributed by atoms with van der Waals surface area (Å²) in [7, 11) is 0. The first-order valence-corrected chi connectivity index (χ1v) is 5.46. The molecule has 15 heavy (non-hydrogen) atoms. The van der Waals surface area contributed by atoms with Gasteiger partial charge in [0.05, 0.1) is 6.04 Å². The summed E-state index contributed by atoms with van der Waals surface area (Å²) in [6.45, 7) is 4.61. The van der Waals surface area contributed by atoms with E-state index in [1.165, 1.54) is 6.42 Å². The van der Waals surface area contributed by atoms with Crippen LogP contribution in [0.5, 0.6) is 0 Å². The molecule has 0 bridgehead atoms. The number of nitrogens with zero attached hydrogens (tertiary/aromatic N) is 1. The van der Waals surface area contributed by atoms with Gasteiger partial charge in [0.1, 0.15) is 0 Å². The minimum absolute atomic E-state index is 0. The van der Waals surface area contributed by atoms with Gasteiger partial charge in [-0.2, -0.15) is 0 Å². The van der Waals surface area contributed by atoms with E-state index in [0.717, 1.165) is 32.0 Å². The maximum absolute atomic E-state index is 11.7. The third kappa shape index (κ3) is 2.62. The number of carbonyl (C=O) groups is 1. The van der Waals surface area contributed by atoms with E-state index < -0.39 is 0 Å². The predicted molar refractivity (Wildman–Crippen MR) is 62.0 cm³/mol. The van der Waals surface area contributed by atoms with Gasteiger partial charge in [0.25, 0.3) is 0 Å². The number of hydrogen-bond donors (Lipinski definition) is 2. The molecule has 2 saturated heterocycles. The Hall–Kier alpha value is -0.320. The molecule has 0 spiro atoms. The van der Waals surface area contributed by atoms with Crippen LogP contribution in [0.3, 0.4) is 0 Å². The first-order valence-electron chi connectivity index (χ1n) is 5.46. The van der Waals surface area contributed by atoms with Crippen molar-refractivity contribution in [3.63, 3.8) is 0 Å². The fourth-order valence-corrected chi connectivity index (χ4v) is 2.52. The first-order chi connectivity index (χ1) is 6.68. The standard InChI is InChI=1S/C10H19N3O.ClH/c1-7(11)10(14)13-5-3-8-2-4-12-9(8)6-13;/h7-9,12H,2-6,11H2,1H3;1H/t7-,8?,9?;/m0./s1. The highest BCUT2D eigenvalue weighted by Crippen LogP contribution is 2.25. The third-order valence-electron chi connectivity index (χ3n) is 3.38. The summed E-state index contributed by atoms with van der Waals surface area (Å²) in [4.78, 5) is 13.6. The van der Waals surface area contributed by atoms with Crippen LogP contribution in [0.2, 0.25) is 0 Å². The van der Waals surface area contributed by atoms with E-state index in [1.807, 2.05) is 4.90 Å². The Kier molecular flexibility index (Phi) is 4.37. The molecule has 3 N–H and O–H groups in total. The Bertz CT molecular complexity index is 235. The van der Waals surface area contributed by atoms with Crippen molar-refractivity contribution in [3.05, 3.63) is 0 Å². The lowest BCUT2D eigenvalue weighted by Crippen LogP contribution is -2.52. The van der Waals surface area contributed by atoms with Gasteiger partial charge in [-0.3, -0.25) is 4.79 Å². The van der Waals surface area contributed by atoms with Gasteiger partial charge in [0.2, 0.25) is 5.91 Å². The number of fused-ring (bicyclic) bond motifs is 1. The number of rotatable bonds is 1. The van der Waals surface area contributed by atoms with E-state index in [4.69, 9.17) is 5.73 Å². The molecule has 0 saturated carbocycles. The topological polar surface area (TPSA) is 58.4 Å². The van der Waals surface area contributed by atoms with E-state index in [0.29, 0.717) is 6.04 Å². The Labute approximate surface area is 97.0 Å². The monoisotopic (exact) mass is 233 g/mol. The molecule has 2 aliphatic rings. The Morgan fingerprint density at radius 1 is 1.53 bits per heavy atom. The quantitative estimate of drug-likeness (QED) is 0.669. The molecule has 2 unspecified atom stereocenters. The molecule has 2 aliphatic heterocycles. The number of nitrogens with one attached hydrogen (secondary N) is 1. The van der Waals surface area contributed by atoms with Crippen LogP contribution >= 0.6 is 12.4 Å². The molecule has 0 aromatic heterocycles. The van der Waals surface area contributed by atoms with E-state index in [-0.39, 0.29) is 24.4 Å². The summed E-state index contributed by atoms with van der Waals surface area (Å²) in [5.74, 6) is 0.879. The average molecular weight is 234 g/mol. The number of carbonyl (C=O) groups excluding carboxylic acids is 1. The molecule has 0 aromatic rings. The SMILES string of the molecule is C[C@H](N)C(=O)N1CCC2CCNC2C1.Cl. The van der Waals surface area contributed by atoms with E-state index in [1.54, 1.807) is 6.92 Å². The molecule has 0 radical (unpaired) electrons. The number of likely N-dealkylation sites (tertiary alicyclic amines) is 1. The van der Waals surface area contributed by atoms with Gasteiger partial charge in [-0.25, -0.2) is 0 Å². The molecule has 2 fully saturated rings.